The molecule has 3 rings (SSSR count). The monoisotopic (exact) mass is 283 g/mol. The van der Waals surface area contributed by atoms with Crippen molar-refractivity contribution in [3.05, 3.63) is 35.9 Å². The maximum absolute atomic E-state index is 12.6. The SMILES string of the molecule is N#CC(C(=O)N1CCN2C(=O)CCC2C1)c1ccccc1. The number of carbonyl (C=O) groups is 2. The van der Waals surface area contributed by atoms with Crippen molar-refractivity contribution in [3.8, 4) is 6.07 Å². The average Bonchev–Trinajstić information content (AvgIpc) is 2.90. The van der Waals surface area contributed by atoms with Gasteiger partial charge in [-0.05, 0) is 12.0 Å². The summed E-state index contributed by atoms with van der Waals surface area (Å²) < 4.78 is 0. The topological polar surface area (TPSA) is 64.4 Å². The molecule has 2 atom stereocenters. The standard InChI is InChI=1S/C16H17N3O2/c17-10-14(12-4-2-1-3-5-12)16(21)18-8-9-19-13(11-18)6-7-15(19)20/h1-5,13-14H,6-9,11H2. The van der Waals surface area contributed by atoms with Crippen LogP contribution < -0.4 is 0 Å². The Morgan fingerprint density at radius 2 is 2.05 bits per heavy atom. The molecule has 5 nitrogen and oxygen atoms in total. The Kier molecular flexibility index (Phi) is 3.61. The number of hydrogen-bond acceptors (Lipinski definition) is 3. The van der Waals surface area contributed by atoms with Gasteiger partial charge in [-0.15, -0.1) is 0 Å². The summed E-state index contributed by atoms with van der Waals surface area (Å²) in [6.45, 7) is 1.66. The molecule has 1 aromatic carbocycles. The van der Waals surface area contributed by atoms with Gasteiger partial charge in [0.2, 0.25) is 11.8 Å². The lowest BCUT2D eigenvalue weighted by Crippen LogP contribution is -2.54. The highest BCUT2D eigenvalue weighted by Gasteiger charge is 2.38. The Balaban J connectivity index is 1.73. The molecule has 2 aliphatic heterocycles. The summed E-state index contributed by atoms with van der Waals surface area (Å²) in [5.74, 6) is -0.718. The molecule has 2 unspecified atom stereocenters. The number of rotatable bonds is 2. The predicted octanol–water partition coefficient (Wildman–Crippen LogP) is 1.13. The number of carbonyl (C=O) groups excluding carboxylic acids is 2. The molecule has 0 aliphatic carbocycles. The maximum Gasteiger partial charge on any atom is 0.244 e. The van der Waals surface area contributed by atoms with Gasteiger partial charge in [-0.3, -0.25) is 9.59 Å². The van der Waals surface area contributed by atoms with Gasteiger partial charge in [0.15, 0.2) is 0 Å². The highest BCUT2D eigenvalue weighted by molar-refractivity contribution is 5.87. The zero-order valence-electron chi connectivity index (χ0n) is 11.7. The van der Waals surface area contributed by atoms with Crippen molar-refractivity contribution in [1.82, 2.24) is 9.80 Å². The molecule has 5 heteroatoms. The van der Waals surface area contributed by atoms with Crippen LogP contribution in [0.25, 0.3) is 0 Å². The zero-order valence-corrected chi connectivity index (χ0v) is 11.7. The molecule has 108 valence electrons. The molecule has 2 heterocycles. The summed E-state index contributed by atoms with van der Waals surface area (Å²) in [4.78, 5) is 27.9. The Morgan fingerprint density at radius 3 is 2.76 bits per heavy atom. The smallest absolute Gasteiger partial charge is 0.244 e. The lowest BCUT2D eigenvalue weighted by molar-refractivity contribution is -0.139. The molecule has 0 saturated carbocycles. The Hall–Kier alpha value is -2.35. The van der Waals surface area contributed by atoms with Crippen LogP contribution in [0.2, 0.25) is 0 Å². The number of fused-ring (bicyclic) bond motifs is 1. The molecule has 21 heavy (non-hydrogen) atoms. The van der Waals surface area contributed by atoms with Crippen molar-refractivity contribution in [2.45, 2.75) is 24.8 Å². The second kappa shape index (κ2) is 5.57. The van der Waals surface area contributed by atoms with Gasteiger partial charge in [0.25, 0.3) is 0 Å². The van der Waals surface area contributed by atoms with E-state index in [2.05, 4.69) is 6.07 Å². The molecular formula is C16H17N3O2. The van der Waals surface area contributed by atoms with Gasteiger partial charge in [-0.1, -0.05) is 30.3 Å². The Labute approximate surface area is 123 Å². The molecule has 0 spiro atoms. The lowest BCUT2D eigenvalue weighted by atomic mass is 9.98. The van der Waals surface area contributed by atoms with Crippen molar-refractivity contribution in [3.63, 3.8) is 0 Å². The summed E-state index contributed by atoms with van der Waals surface area (Å²) >= 11 is 0. The summed E-state index contributed by atoms with van der Waals surface area (Å²) in [7, 11) is 0. The maximum atomic E-state index is 12.6. The van der Waals surface area contributed by atoms with Crippen LogP contribution in [0.5, 0.6) is 0 Å². The minimum atomic E-state index is -0.755. The number of nitriles is 1. The largest absolute Gasteiger partial charge is 0.337 e. The van der Waals surface area contributed by atoms with Crippen LogP contribution in [0.4, 0.5) is 0 Å². The number of piperazine rings is 1. The Morgan fingerprint density at radius 1 is 1.29 bits per heavy atom. The third-order valence-corrected chi connectivity index (χ3v) is 4.32. The van der Waals surface area contributed by atoms with Gasteiger partial charge in [-0.25, -0.2) is 0 Å². The minimum Gasteiger partial charge on any atom is -0.337 e. The molecule has 0 aromatic heterocycles. The molecule has 0 N–H and O–H groups in total. The van der Waals surface area contributed by atoms with Crippen LogP contribution >= 0.6 is 0 Å². The van der Waals surface area contributed by atoms with E-state index in [0.717, 1.165) is 12.0 Å². The van der Waals surface area contributed by atoms with Crippen LogP contribution in [0.15, 0.2) is 30.3 Å². The molecule has 2 fully saturated rings. The normalized spacial score (nSPS) is 22.6. The van der Waals surface area contributed by atoms with Gasteiger partial charge < -0.3 is 9.80 Å². The first-order valence-corrected chi connectivity index (χ1v) is 7.23. The first-order valence-electron chi connectivity index (χ1n) is 7.23. The number of amides is 2. The van der Waals surface area contributed by atoms with E-state index in [1.165, 1.54) is 0 Å². The first-order chi connectivity index (χ1) is 10.2. The third-order valence-electron chi connectivity index (χ3n) is 4.32. The van der Waals surface area contributed by atoms with Crippen LogP contribution in [0.1, 0.15) is 24.3 Å². The minimum absolute atomic E-state index is 0.130. The van der Waals surface area contributed by atoms with Gasteiger partial charge in [0, 0.05) is 32.1 Å². The van der Waals surface area contributed by atoms with Crippen LogP contribution in [0.3, 0.4) is 0 Å². The lowest BCUT2D eigenvalue weighted by Gasteiger charge is -2.38. The second-order valence-corrected chi connectivity index (χ2v) is 5.54. The predicted molar refractivity (Wildman–Crippen MR) is 76.1 cm³/mol. The summed E-state index contributed by atoms with van der Waals surface area (Å²) in [6, 6.07) is 11.4. The highest BCUT2D eigenvalue weighted by Crippen LogP contribution is 2.25. The van der Waals surface area contributed by atoms with Gasteiger partial charge in [0.1, 0.15) is 5.92 Å². The molecule has 0 radical (unpaired) electrons. The fourth-order valence-electron chi connectivity index (χ4n) is 3.16. The van der Waals surface area contributed by atoms with Gasteiger partial charge in [0.05, 0.1) is 6.07 Å². The van der Waals surface area contributed by atoms with Gasteiger partial charge >= 0.3 is 0 Å². The molecule has 2 saturated heterocycles. The number of nitrogens with zero attached hydrogens (tertiary/aromatic N) is 3. The highest BCUT2D eigenvalue weighted by atomic mass is 16.2. The van der Waals surface area contributed by atoms with E-state index in [4.69, 9.17) is 0 Å². The second-order valence-electron chi connectivity index (χ2n) is 5.54. The fourth-order valence-corrected chi connectivity index (χ4v) is 3.16. The van der Waals surface area contributed by atoms with E-state index < -0.39 is 5.92 Å². The van der Waals surface area contributed by atoms with Crippen molar-refractivity contribution < 1.29 is 9.59 Å². The molecule has 2 aliphatic rings. The summed E-state index contributed by atoms with van der Waals surface area (Å²) in [5, 5.41) is 9.35. The van der Waals surface area contributed by atoms with Crippen molar-refractivity contribution in [2.24, 2.45) is 0 Å². The van der Waals surface area contributed by atoms with E-state index in [-0.39, 0.29) is 17.9 Å². The van der Waals surface area contributed by atoms with E-state index >= 15 is 0 Å². The third kappa shape index (κ3) is 2.49. The van der Waals surface area contributed by atoms with Crippen LogP contribution in [-0.4, -0.2) is 47.3 Å². The molecule has 1 aromatic rings. The van der Waals surface area contributed by atoms with Crippen LogP contribution in [0, 0.1) is 11.3 Å². The number of benzene rings is 1. The van der Waals surface area contributed by atoms with E-state index in [1.54, 1.807) is 17.0 Å². The number of hydrogen-bond donors (Lipinski definition) is 0. The molecular weight excluding hydrogens is 266 g/mol. The molecule has 0 bridgehead atoms. The van der Waals surface area contributed by atoms with Crippen molar-refractivity contribution in [1.29, 1.82) is 5.26 Å². The summed E-state index contributed by atoms with van der Waals surface area (Å²) in [6.07, 6.45) is 1.39. The quantitative estimate of drug-likeness (QED) is 0.817. The van der Waals surface area contributed by atoms with Gasteiger partial charge in [-0.2, -0.15) is 5.26 Å². The average molecular weight is 283 g/mol. The molecule has 2 amide bonds. The summed E-state index contributed by atoms with van der Waals surface area (Å²) in [5.41, 5.74) is 0.731. The van der Waals surface area contributed by atoms with E-state index in [0.29, 0.717) is 26.1 Å². The van der Waals surface area contributed by atoms with E-state index in [9.17, 15) is 14.9 Å². The fraction of sp³-hybridized carbons (Fsp3) is 0.438. The zero-order chi connectivity index (χ0) is 14.8. The van der Waals surface area contributed by atoms with Crippen molar-refractivity contribution in [2.75, 3.05) is 19.6 Å². The van der Waals surface area contributed by atoms with E-state index in [1.807, 2.05) is 23.1 Å². The first kappa shape index (κ1) is 13.6. The Bertz CT molecular complexity index is 593. The van der Waals surface area contributed by atoms with Crippen LogP contribution in [-0.2, 0) is 9.59 Å². The van der Waals surface area contributed by atoms with Crippen molar-refractivity contribution >= 4 is 11.8 Å².